The van der Waals surface area contributed by atoms with Crippen molar-refractivity contribution in [2.24, 2.45) is 22.9 Å². The van der Waals surface area contributed by atoms with Crippen molar-refractivity contribution in [3.05, 3.63) is 17.5 Å². The molecule has 1 aromatic heterocycles. The molecule has 6 nitrogen and oxygen atoms in total. The lowest BCUT2D eigenvalue weighted by atomic mass is 9.98. The molecular weight excluding hydrogens is 292 g/mol. The van der Waals surface area contributed by atoms with E-state index in [0.717, 1.165) is 25.2 Å². The second-order valence-corrected chi connectivity index (χ2v) is 8.16. The topological polar surface area (TPSA) is 70.6 Å². The second-order valence-electron chi connectivity index (χ2n) is 8.16. The first-order valence-electron chi connectivity index (χ1n) is 8.61. The number of nitrogens with one attached hydrogen (secondary N) is 1. The smallest absolute Gasteiger partial charge is 0.274 e. The van der Waals surface area contributed by atoms with Gasteiger partial charge in [-0.3, -0.25) is 9.89 Å². The summed E-state index contributed by atoms with van der Waals surface area (Å²) in [5.74, 6) is 2.34. The van der Waals surface area contributed by atoms with Crippen LogP contribution in [0.5, 0.6) is 0 Å². The molecule has 1 aromatic rings. The Bertz CT molecular complexity index is 691. The molecule has 6 heteroatoms. The SMILES string of the molecule is CC1(C)CC(C2[C@H]3CN(C(=O)c4cc(C5CC5)[nH]n4)C[C@@H]23)=NO1. The lowest BCUT2D eigenvalue weighted by Crippen LogP contribution is -2.33. The van der Waals surface area contributed by atoms with Crippen molar-refractivity contribution in [1.82, 2.24) is 15.1 Å². The molecule has 3 heterocycles. The monoisotopic (exact) mass is 314 g/mol. The van der Waals surface area contributed by atoms with Gasteiger partial charge in [0.1, 0.15) is 11.3 Å². The van der Waals surface area contributed by atoms with Gasteiger partial charge in [-0.25, -0.2) is 0 Å². The Hall–Kier alpha value is -1.85. The number of oxime groups is 1. The van der Waals surface area contributed by atoms with Crippen LogP contribution in [-0.2, 0) is 4.84 Å². The van der Waals surface area contributed by atoms with Crippen LogP contribution in [-0.4, -0.2) is 45.4 Å². The average molecular weight is 314 g/mol. The molecule has 3 atom stereocenters. The summed E-state index contributed by atoms with van der Waals surface area (Å²) in [5, 5.41) is 11.5. The van der Waals surface area contributed by atoms with Gasteiger partial charge >= 0.3 is 0 Å². The molecule has 4 aliphatic rings. The van der Waals surface area contributed by atoms with Crippen molar-refractivity contribution in [2.75, 3.05) is 13.1 Å². The van der Waals surface area contributed by atoms with Gasteiger partial charge in [0.05, 0.1) is 5.71 Å². The Kier molecular flexibility index (Phi) is 2.58. The summed E-state index contributed by atoms with van der Waals surface area (Å²) in [4.78, 5) is 20.0. The van der Waals surface area contributed by atoms with E-state index in [1.165, 1.54) is 18.6 Å². The van der Waals surface area contributed by atoms with E-state index in [2.05, 4.69) is 29.2 Å². The Balaban J connectivity index is 1.22. The molecule has 0 spiro atoms. The van der Waals surface area contributed by atoms with Gasteiger partial charge < -0.3 is 9.74 Å². The van der Waals surface area contributed by atoms with Crippen LogP contribution in [0.25, 0.3) is 0 Å². The van der Waals surface area contributed by atoms with E-state index >= 15 is 0 Å². The first-order valence-corrected chi connectivity index (χ1v) is 8.61. The Morgan fingerprint density at radius 1 is 1.35 bits per heavy atom. The van der Waals surface area contributed by atoms with Crippen LogP contribution >= 0.6 is 0 Å². The normalized spacial score (nSPS) is 34.1. The molecule has 5 rings (SSSR count). The van der Waals surface area contributed by atoms with E-state index < -0.39 is 0 Å². The third-order valence-electron chi connectivity index (χ3n) is 5.72. The second kappa shape index (κ2) is 4.36. The zero-order chi connectivity index (χ0) is 15.8. The van der Waals surface area contributed by atoms with Crippen molar-refractivity contribution in [3.63, 3.8) is 0 Å². The Labute approximate surface area is 135 Å². The molecule has 0 aromatic carbocycles. The van der Waals surface area contributed by atoms with Crippen LogP contribution in [0.15, 0.2) is 11.2 Å². The van der Waals surface area contributed by atoms with E-state index in [-0.39, 0.29) is 11.5 Å². The summed E-state index contributed by atoms with van der Waals surface area (Å²) in [6.07, 6.45) is 3.35. The third kappa shape index (κ3) is 2.18. The van der Waals surface area contributed by atoms with E-state index in [1.54, 1.807) is 0 Å². The fraction of sp³-hybridized carbons (Fsp3) is 0.706. The number of hydrogen-bond acceptors (Lipinski definition) is 4. The number of piperidine rings is 1. The van der Waals surface area contributed by atoms with Crippen molar-refractivity contribution < 1.29 is 9.63 Å². The predicted octanol–water partition coefficient (Wildman–Crippen LogP) is 2.16. The maximum Gasteiger partial charge on any atom is 0.274 e. The van der Waals surface area contributed by atoms with Crippen molar-refractivity contribution in [3.8, 4) is 0 Å². The quantitative estimate of drug-likeness (QED) is 0.929. The maximum absolute atomic E-state index is 12.6. The number of hydrogen-bond donors (Lipinski definition) is 1. The third-order valence-corrected chi connectivity index (χ3v) is 5.72. The number of amides is 1. The van der Waals surface area contributed by atoms with Gasteiger partial charge in [0.25, 0.3) is 5.91 Å². The van der Waals surface area contributed by atoms with Gasteiger partial charge in [-0.15, -0.1) is 0 Å². The molecule has 2 saturated carbocycles. The van der Waals surface area contributed by atoms with Crippen molar-refractivity contribution in [2.45, 2.75) is 44.6 Å². The summed E-state index contributed by atoms with van der Waals surface area (Å²) < 4.78 is 0. The molecule has 23 heavy (non-hydrogen) atoms. The van der Waals surface area contributed by atoms with Crippen LogP contribution in [0, 0.1) is 17.8 Å². The lowest BCUT2D eigenvalue weighted by Gasteiger charge is -2.19. The minimum Gasteiger partial charge on any atom is -0.389 e. The number of carbonyl (C=O) groups is 1. The molecule has 0 bridgehead atoms. The van der Waals surface area contributed by atoms with E-state index in [9.17, 15) is 4.79 Å². The number of rotatable bonds is 3. The largest absolute Gasteiger partial charge is 0.389 e. The summed E-state index contributed by atoms with van der Waals surface area (Å²) in [6, 6.07) is 1.94. The van der Waals surface area contributed by atoms with Crippen molar-refractivity contribution in [1.29, 1.82) is 0 Å². The van der Waals surface area contributed by atoms with Gasteiger partial charge in [-0.05, 0) is 44.6 Å². The number of nitrogens with zero attached hydrogens (tertiary/aromatic N) is 3. The summed E-state index contributed by atoms with van der Waals surface area (Å²) in [7, 11) is 0. The highest BCUT2D eigenvalue weighted by molar-refractivity contribution is 5.94. The molecule has 2 aliphatic carbocycles. The highest BCUT2D eigenvalue weighted by atomic mass is 16.7. The van der Waals surface area contributed by atoms with Gasteiger partial charge in [0.2, 0.25) is 0 Å². The fourth-order valence-electron chi connectivity index (χ4n) is 4.26. The molecule has 0 radical (unpaired) electrons. The molecule has 1 unspecified atom stereocenters. The first kappa shape index (κ1) is 13.6. The first-order chi connectivity index (χ1) is 11.0. The summed E-state index contributed by atoms with van der Waals surface area (Å²) in [5.41, 5.74) is 2.74. The molecule has 1 saturated heterocycles. The predicted molar refractivity (Wildman–Crippen MR) is 84.2 cm³/mol. The molecule has 1 amide bonds. The van der Waals surface area contributed by atoms with Crippen LogP contribution in [0.2, 0.25) is 0 Å². The summed E-state index contributed by atoms with van der Waals surface area (Å²) in [6.45, 7) is 5.82. The Morgan fingerprint density at radius 2 is 2.09 bits per heavy atom. The number of aromatic nitrogens is 2. The van der Waals surface area contributed by atoms with Gasteiger partial charge in [0, 0.05) is 37.0 Å². The lowest BCUT2D eigenvalue weighted by molar-refractivity contribution is 0.0123. The highest BCUT2D eigenvalue weighted by Crippen LogP contribution is 2.54. The fourth-order valence-corrected chi connectivity index (χ4v) is 4.26. The molecule has 2 aliphatic heterocycles. The van der Waals surface area contributed by atoms with E-state index in [0.29, 0.717) is 29.4 Å². The highest BCUT2D eigenvalue weighted by Gasteiger charge is 2.60. The minimum atomic E-state index is -0.157. The number of aromatic amines is 1. The molecular formula is C17H22N4O2. The number of fused-ring (bicyclic) bond motifs is 1. The minimum absolute atomic E-state index is 0.0732. The van der Waals surface area contributed by atoms with Crippen LogP contribution in [0.3, 0.4) is 0 Å². The number of carbonyl (C=O) groups excluding carboxylic acids is 1. The number of likely N-dealkylation sites (tertiary alicyclic amines) is 1. The van der Waals surface area contributed by atoms with E-state index in [1.807, 2.05) is 11.0 Å². The zero-order valence-corrected chi connectivity index (χ0v) is 13.6. The van der Waals surface area contributed by atoms with Crippen LogP contribution in [0.1, 0.15) is 55.2 Å². The Morgan fingerprint density at radius 3 is 2.70 bits per heavy atom. The van der Waals surface area contributed by atoms with Crippen molar-refractivity contribution >= 4 is 11.6 Å². The average Bonchev–Trinajstić information content (AvgIpc) is 3.30. The molecule has 1 N–H and O–H groups in total. The van der Waals surface area contributed by atoms with Crippen LogP contribution in [0.4, 0.5) is 0 Å². The summed E-state index contributed by atoms with van der Waals surface area (Å²) >= 11 is 0. The maximum atomic E-state index is 12.6. The van der Waals surface area contributed by atoms with E-state index in [4.69, 9.17) is 4.84 Å². The van der Waals surface area contributed by atoms with Gasteiger partial charge in [-0.2, -0.15) is 5.10 Å². The standard InChI is InChI=1S/C17H22N4O2/c1-17(2)6-14(20-23-17)15-10-7-21(8-11(10)15)16(22)13-5-12(18-19-13)9-3-4-9/h5,9-11,15H,3-4,6-8H2,1-2H3,(H,18,19)/t10-,11+,15?. The van der Waals surface area contributed by atoms with Gasteiger partial charge in [0.15, 0.2) is 0 Å². The van der Waals surface area contributed by atoms with Gasteiger partial charge in [-0.1, -0.05) is 5.16 Å². The molecule has 122 valence electrons. The van der Waals surface area contributed by atoms with Crippen LogP contribution < -0.4 is 0 Å². The zero-order valence-electron chi connectivity index (χ0n) is 13.6. The number of H-pyrrole nitrogens is 1. The molecule has 3 fully saturated rings.